The topological polar surface area (TPSA) is 108 Å². The Balaban J connectivity index is 3.80. The number of carbonyl (C=O) groups is 3. The number of nitrogens with zero attached hydrogens (tertiary/aromatic N) is 1. The van der Waals surface area contributed by atoms with Gasteiger partial charge in [-0.3, -0.25) is 9.59 Å². The molecule has 9 nitrogen and oxygen atoms in total. The lowest BCUT2D eigenvalue weighted by atomic mass is 10.0. The molecule has 2 atom stereocenters. The molecule has 0 radical (unpaired) electrons. The minimum Gasteiger partial charge on any atom is -0.477 e. The van der Waals surface area contributed by atoms with Crippen molar-refractivity contribution in [3.63, 3.8) is 0 Å². The van der Waals surface area contributed by atoms with Gasteiger partial charge >= 0.3 is 17.9 Å². The molecule has 74 heavy (non-hydrogen) atoms. The van der Waals surface area contributed by atoms with Crippen LogP contribution < -0.4 is 0 Å². The Bertz CT molecular complexity index is 1350. The number of rotatable bonds is 58. The molecule has 0 saturated carbocycles. The molecule has 2 unspecified atom stereocenters. The van der Waals surface area contributed by atoms with Crippen LogP contribution in [0.4, 0.5) is 0 Å². The number of unbranched alkanes of at least 4 members (excludes halogenated alkanes) is 35. The Morgan fingerprint density at radius 3 is 1.15 bits per heavy atom. The zero-order valence-electron chi connectivity index (χ0n) is 49.3. The third-order valence-corrected chi connectivity index (χ3v) is 13.8. The summed E-state index contributed by atoms with van der Waals surface area (Å²) in [5.74, 6) is -1.99. The highest BCUT2D eigenvalue weighted by Gasteiger charge is 2.25. The van der Waals surface area contributed by atoms with E-state index in [0.717, 1.165) is 64.2 Å². The van der Waals surface area contributed by atoms with Gasteiger partial charge in [-0.2, -0.15) is 0 Å². The van der Waals surface area contributed by atoms with Crippen LogP contribution in [-0.2, 0) is 33.3 Å². The van der Waals surface area contributed by atoms with Crippen LogP contribution in [0.5, 0.6) is 0 Å². The molecule has 0 rings (SSSR count). The first kappa shape index (κ1) is 71.2. The number of hydrogen-bond donors (Lipinski definition) is 1. The van der Waals surface area contributed by atoms with E-state index in [9.17, 15) is 19.5 Å². The number of esters is 2. The number of allylic oxidation sites excluding steroid dienone is 8. The molecule has 0 saturated heterocycles. The molecular weight excluding hydrogens is 923 g/mol. The van der Waals surface area contributed by atoms with Crippen molar-refractivity contribution in [3.05, 3.63) is 48.6 Å². The van der Waals surface area contributed by atoms with Crippen molar-refractivity contribution in [2.24, 2.45) is 0 Å². The highest BCUT2D eigenvalue weighted by Crippen LogP contribution is 2.18. The molecule has 0 bridgehead atoms. The molecule has 0 aromatic rings. The van der Waals surface area contributed by atoms with Crippen molar-refractivity contribution >= 4 is 17.9 Å². The zero-order chi connectivity index (χ0) is 54.1. The molecule has 0 spiro atoms. The quantitative estimate of drug-likeness (QED) is 0.0211. The number of aliphatic carboxylic acids is 1. The number of quaternary nitrogens is 1. The molecular formula is C65H120NO8+. The van der Waals surface area contributed by atoms with Gasteiger partial charge in [0.1, 0.15) is 13.2 Å². The maximum absolute atomic E-state index is 12.8. The molecule has 0 aromatic carbocycles. The van der Waals surface area contributed by atoms with Crippen molar-refractivity contribution < 1.29 is 42.9 Å². The number of carboxylic acid groups (broad SMARTS) is 1. The summed E-state index contributed by atoms with van der Waals surface area (Å²) in [7, 11) is 5.97. The lowest BCUT2D eigenvalue weighted by molar-refractivity contribution is -0.870. The van der Waals surface area contributed by atoms with Crippen LogP contribution in [0.1, 0.15) is 290 Å². The van der Waals surface area contributed by atoms with E-state index in [0.29, 0.717) is 17.4 Å². The molecule has 0 fully saturated rings. The second kappa shape index (κ2) is 56.5. The average molecular weight is 1040 g/mol. The Morgan fingerprint density at radius 2 is 0.770 bits per heavy atom. The molecule has 0 aliphatic rings. The predicted molar refractivity (Wildman–Crippen MR) is 314 cm³/mol. The predicted octanol–water partition coefficient (Wildman–Crippen LogP) is 18.6. The van der Waals surface area contributed by atoms with E-state index in [4.69, 9.17) is 18.9 Å². The van der Waals surface area contributed by atoms with Crippen LogP contribution in [0.2, 0.25) is 0 Å². The maximum Gasteiger partial charge on any atom is 0.361 e. The van der Waals surface area contributed by atoms with Crippen molar-refractivity contribution in [2.75, 3.05) is 47.5 Å². The fourth-order valence-electron chi connectivity index (χ4n) is 9.07. The summed E-state index contributed by atoms with van der Waals surface area (Å²) in [5, 5.41) is 9.66. The summed E-state index contributed by atoms with van der Waals surface area (Å²) in [4.78, 5) is 37.2. The lowest BCUT2D eigenvalue weighted by Gasteiger charge is -2.25. The van der Waals surface area contributed by atoms with Gasteiger partial charge in [0.25, 0.3) is 6.29 Å². The van der Waals surface area contributed by atoms with Crippen LogP contribution in [-0.4, -0.2) is 87.4 Å². The SMILES string of the molecule is CC/C=C\C/C=C\C/C=C\C/C=C\CCCCCCCCCCCCCCCCCCCCCCCCCCCCCCC(=O)OC(COC(=O)CCCCCCCCCC)COC(OCC[N+](C)(C)C)C(=O)O. The van der Waals surface area contributed by atoms with Crippen molar-refractivity contribution in [2.45, 2.75) is 302 Å². The minimum atomic E-state index is -1.50. The Morgan fingerprint density at radius 1 is 0.419 bits per heavy atom. The molecule has 9 heteroatoms. The van der Waals surface area contributed by atoms with Crippen LogP contribution in [0.25, 0.3) is 0 Å². The molecule has 0 aliphatic carbocycles. The molecule has 0 aromatic heterocycles. The second-order valence-corrected chi connectivity index (χ2v) is 22.3. The van der Waals surface area contributed by atoms with E-state index in [1.54, 1.807) is 0 Å². The van der Waals surface area contributed by atoms with Crippen LogP contribution >= 0.6 is 0 Å². The highest BCUT2D eigenvalue weighted by molar-refractivity contribution is 5.71. The second-order valence-electron chi connectivity index (χ2n) is 22.3. The van der Waals surface area contributed by atoms with Gasteiger partial charge in [-0.25, -0.2) is 4.79 Å². The molecule has 432 valence electrons. The normalized spacial score (nSPS) is 13.0. The highest BCUT2D eigenvalue weighted by atomic mass is 16.7. The summed E-state index contributed by atoms with van der Waals surface area (Å²) in [6, 6.07) is 0. The Kier molecular flexibility index (Phi) is 54.4. The van der Waals surface area contributed by atoms with E-state index in [2.05, 4.69) is 62.5 Å². The maximum atomic E-state index is 12.8. The summed E-state index contributed by atoms with van der Waals surface area (Å²) in [5.41, 5.74) is 0. The third-order valence-electron chi connectivity index (χ3n) is 13.8. The first-order valence-electron chi connectivity index (χ1n) is 31.3. The molecule has 0 heterocycles. The lowest BCUT2D eigenvalue weighted by Crippen LogP contribution is -2.40. The largest absolute Gasteiger partial charge is 0.477 e. The van der Waals surface area contributed by atoms with Crippen LogP contribution in [0, 0.1) is 0 Å². The average Bonchev–Trinajstić information content (AvgIpc) is 3.37. The first-order valence-corrected chi connectivity index (χ1v) is 31.3. The summed E-state index contributed by atoms with van der Waals surface area (Å²) in [6.45, 7) is 4.76. The summed E-state index contributed by atoms with van der Waals surface area (Å²) in [6.07, 6.45) is 68.3. The van der Waals surface area contributed by atoms with E-state index in [1.165, 1.54) is 199 Å². The van der Waals surface area contributed by atoms with Gasteiger partial charge < -0.3 is 28.5 Å². The standard InChI is InChI=1S/C65H119NO8/c1-6-8-10-12-14-16-17-18-19-20-21-22-23-24-25-26-27-28-29-30-31-32-33-34-35-36-37-38-39-40-41-42-43-44-45-46-47-48-50-52-54-56-63(68)74-61(60-73-65(64(69)70)71-58-57-66(3,4)5)59-72-62(67)55-53-51-49-15-13-11-9-7-2/h8,10,14,16,18-19,21-22,61,65H,6-7,9,11-13,15,17,20,23-60H2,1-5H3/p+1/b10-8-,16-14-,19-18-,22-21-. The number of carbonyl (C=O) groups excluding carboxylic acids is 2. The number of carboxylic acids is 1. The van der Waals surface area contributed by atoms with E-state index in [1.807, 2.05) is 21.1 Å². The third kappa shape index (κ3) is 57.0. The smallest absolute Gasteiger partial charge is 0.361 e. The fraction of sp³-hybridized carbons (Fsp3) is 0.831. The monoisotopic (exact) mass is 1040 g/mol. The van der Waals surface area contributed by atoms with Gasteiger partial charge in [-0.15, -0.1) is 0 Å². The van der Waals surface area contributed by atoms with Gasteiger partial charge in [0, 0.05) is 12.8 Å². The van der Waals surface area contributed by atoms with Crippen molar-refractivity contribution in [1.29, 1.82) is 0 Å². The molecule has 0 amide bonds. The van der Waals surface area contributed by atoms with E-state index < -0.39 is 18.4 Å². The van der Waals surface area contributed by atoms with Gasteiger partial charge in [-0.1, -0.05) is 274 Å². The Labute approximate surface area is 457 Å². The fourth-order valence-corrected chi connectivity index (χ4v) is 9.07. The van der Waals surface area contributed by atoms with Crippen LogP contribution in [0.15, 0.2) is 48.6 Å². The number of hydrogen-bond acceptors (Lipinski definition) is 7. The summed E-state index contributed by atoms with van der Waals surface area (Å²) < 4.78 is 22.8. The van der Waals surface area contributed by atoms with E-state index >= 15 is 0 Å². The van der Waals surface area contributed by atoms with Crippen molar-refractivity contribution in [1.82, 2.24) is 0 Å². The molecule has 0 aliphatic heterocycles. The zero-order valence-corrected chi connectivity index (χ0v) is 49.3. The number of likely N-dealkylation sites (N-methyl/N-ethyl adjacent to an activating group) is 1. The minimum absolute atomic E-state index is 0.177. The van der Waals surface area contributed by atoms with Gasteiger partial charge in [-0.05, 0) is 51.4 Å². The first-order chi connectivity index (χ1) is 36.1. The van der Waals surface area contributed by atoms with Gasteiger partial charge in [0.2, 0.25) is 0 Å². The van der Waals surface area contributed by atoms with Crippen LogP contribution in [0.3, 0.4) is 0 Å². The van der Waals surface area contributed by atoms with Gasteiger partial charge in [0.05, 0.1) is 34.4 Å². The Hall–Kier alpha value is -2.75. The summed E-state index contributed by atoms with van der Waals surface area (Å²) >= 11 is 0. The number of ether oxygens (including phenoxy) is 4. The van der Waals surface area contributed by atoms with Gasteiger partial charge in [0.15, 0.2) is 6.10 Å². The van der Waals surface area contributed by atoms with Crippen molar-refractivity contribution in [3.8, 4) is 0 Å². The van der Waals surface area contributed by atoms with E-state index in [-0.39, 0.29) is 38.2 Å². The molecule has 1 N–H and O–H groups in total.